The van der Waals surface area contributed by atoms with E-state index in [0.717, 1.165) is 0 Å². The normalized spacial score (nSPS) is 17.0. The first-order valence-electron chi connectivity index (χ1n) is 6.82. The molecule has 3 rings (SSSR count). The second-order valence-electron chi connectivity index (χ2n) is 5.27. The lowest BCUT2D eigenvalue weighted by molar-refractivity contribution is -0.142. The molecule has 7 heteroatoms. The van der Waals surface area contributed by atoms with Gasteiger partial charge in [0.05, 0.1) is 11.6 Å². The highest BCUT2D eigenvalue weighted by Crippen LogP contribution is 2.31. The molecule has 0 fully saturated rings. The number of rotatable bonds is 3. The van der Waals surface area contributed by atoms with Gasteiger partial charge in [-0.25, -0.2) is 9.78 Å². The van der Waals surface area contributed by atoms with Gasteiger partial charge in [0.25, 0.3) is 0 Å². The molecule has 22 heavy (non-hydrogen) atoms. The maximum absolute atomic E-state index is 11.4. The molecule has 0 amide bonds. The number of hydrogen-bond acceptors (Lipinski definition) is 4. The van der Waals surface area contributed by atoms with Gasteiger partial charge in [-0.15, -0.1) is 0 Å². The van der Waals surface area contributed by atoms with E-state index in [1.165, 1.54) is 12.1 Å². The van der Waals surface area contributed by atoms with E-state index >= 15 is 0 Å². The number of phenols is 1. The van der Waals surface area contributed by atoms with Gasteiger partial charge in [0, 0.05) is 12.1 Å². The van der Waals surface area contributed by atoms with Gasteiger partial charge in [-0.3, -0.25) is 4.79 Å². The van der Waals surface area contributed by atoms with Crippen LogP contribution in [0.4, 0.5) is 0 Å². The summed E-state index contributed by atoms with van der Waals surface area (Å²) in [7, 11) is 0. The topological polar surface area (TPSA) is 113 Å². The Morgan fingerprint density at radius 2 is 2.05 bits per heavy atom. The fraction of sp³-hybridized carbons (Fsp3) is 0.267. The predicted octanol–water partition coefficient (Wildman–Crippen LogP) is 1.60. The summed E-state index contributed by atoms with van der Waals surface area (Å²) < 4.78 is 1.64. The number of aromatic carboxylic acids is 1. The number of nitrogens with zero attached hydrogens (tertiary/aromatic N) is 2. The zero-order chi connectivity index (χ0) is 15.9. The first kappa shape index (κ1) is 14.1. The SMILES string of the molecule is O=C(O)c1nc(-c2cccc(O)c2)n2c1CCC(C(=O)O)C2. The number of hydrogen-bond donors (Lipinski definition) is 3. The van der Waals surface area contributed by atoms with Gasteiger partial charge in [-0.05, 0) is 25.0 Å². The molecule has 1 aliphatic heterocycles. The van der Waals surface area contributed by atoms with Crippen LogP contribution in [-0.4, -0.2) is 36.8 Å². The second kappa shape index (κ2) is 5.18. The maximum Gasteiger partial charge on any atom is 0.356 e. The summed E-state index contributed by atoms with van der Waals surface area (Å²) in [6.45, 7) is 0.177. The fourth-order valence-electron chi connectivity index (χ4n) is 2.80. The molecule has 1 aromatic heterocycles. The third kappa shape index (κ3) is 2.30. The van der Waals surface area contributed by atoms with E-state index in [0.29, 0.717) is 29.9 Å². The molecule has 3 N–H and O–H groups in total. The van der Waals surface area contributed by atoms with Crippen LogP contribution in [0.25, 0.3) is 11.4 Å². The molecule has 114 valence electrons. The summed E-state index contributed by atoms with van der Waals surface area (Å²) in [5, 5.41) is 28.1. The van der Waals surface area contributed by atoms with Crippen molar-refractivity contribution < 1.29 is 24.9 Å². The minimum absolute atomic E-state index is 0.0392. The molecule has 7 nitrogen and oxygen atoms in total. The molecule has 2 heterocycles. The zero-order valence-corrected chi connectivity index (χ0v) is 11.6. The first-order chi connectivity index (χ1) is 10.5. The van der Waals surface area contributed by atoms with E-state index in [-0.39, 0.29) is 18.0 Å². The number of aromatic hydroxyl groups is 1. The highest BCUT2D eigenvalue weighted by Gasteiger charge is 2.31. The van der Waals surface area contributed by atoms with Crippen molar-refractivity contribution in [2.45, 2.75) is 19.4 Å². The van der Waals surface area contributed by atoms with Crippen LogP contribution in [-0.2, 0) is 17.8 Å². The summed E-state index contributed by atoms with van der Waals surface area (Å²) in [5.74, 6) is -2.20. The molecule has 0 saturated heterocycles. The van der Waals surface area contributed by atoms with E-state index in [1.54, 1.807) is 16.7 Å². The largest absolute Gasteiger partial charge is 0.508 e. The molecule has 1 unspecified atom stereocenters. The van der Waals surface area contributed by atoms with Gasteiger partial charge in [0.1, 0.15) is 11.6 Å². The van der Waals surface area contributed by atoms with Gasteiger partial charge >= 0.3 is 11.9 Å². The van der Waals surface area contributed by atoms with Crippen molar-refractivity contribution in [3.63, 3.8) is 0 Å². The Morgan fingerprint density at radius 1 is 1.27 bits per heavy atom. The Labute approximate surface area is 125 Å². The maximum atomic E-state index is 11.4. The number of carbonyl (C=O) groups is 2. The van der Waals surface area contributed by atoms with Gasteiger partial charge < -0.3 is 19.9 Å². The average molecular weight is 302 g/mol. The van der Waals surface area contributed by atoms with E-state index in [1.807, 2.05) is 0 Å². The lowest BCUT2D eigenvalue weighted by Gasteiger charge is -2.22. The average Bonchev–Trinajstić information content (AvgIpc) is 2.86. The lowest BCUT2D eigenvalue weighted by atomic mass is 9.97. The first-order valence-corrected chi connectivity index (χ1v) is 6.82. The van der Waals surface area contributed by atoms with Crippen LogP contribution in [0.5, 0.6) is 5.75 Å². The summed E-state index contributed by atoms with van der Waals surface area (Å²) in [6, 6.07) is 6.31. The number of aromatic nitrogens is 2. The number of imidazole rings is 1. The van der Waals surface area contributed by atoms with Crippen molar-refractivity contribution in [2.24, 2.45) is 5.92 Å². The number of benzene rings is 1. The Bertz CT molecular complexity index is 765. The standard InChI is InChI=1S/C15H14N2O5/c18-10-3-1-2-8(6-10)13-16-12(15(21)22)11-5-4-9(14(19)20)7-17(11)13/h1-3,6,9,18H,4-5,7H2,(H,19,20)(H,21,22). The predicted molar refractivity (Wildman–Crippen MR) is 75.7 cm³/mol. The van der Waals surface area contributed by atoms with Crippen LogP contribution in [0, 0.1) is 5.92 Å². The minimum Gasteiger partial charge on any atom is -0.508 e. The smallest absolute Gasteiger partial charge is 0.356 e. The summed E-state index contributed by atoms with van der Waals surface area (Å²) in [4.78, 5) is 26.7. The van der Waals surface area contributed by atoms with E-state index in [9.17, 15) is 24.9 Å². The van der Waals surface area contributed by atoms with Gasteiger partial charge in [0.15, 0.2) is 5.69 Å². The second-order valence-corrected chi connectivity index (χ2v) is 5.27. The van der Waals surface area contributed by atoms with Crippen LogP contribution in [0.2, 0.25) is 0 Å². The summed E-state index contributed by atoms with van der Waals surface area (Å²) >= 11 is 0. The Morgan fingerprint density at radius 3 is 2.68 bits per heavy atom. The number of carboxylic acids is 2. The lowest BCUT2D eigenvalue weighted by Crippen LogP contribution is -2.27. The molecule has 0 saturated carbocycles. The number of aliphatic carboxylic acids is 1. The molecular weight excluding hydrogens is 288 g/mol. The van der Waals surface area contributed by atoms with Crippen molar-refractivity contribution in [1.82, 2.24) is 9.55 Å². The van der Waals surface area contributed by atoms with Crippen molar-refractivity contribution in [3.8, 4) is 17.1 Å². The van der Waals surface area contributed by atoms with Crippen LogP contribution < -0.4 is 0 Å². The monoisotopic (exact) mass is 302 g/mol. The molecule has 0 radical (unpaired) electrons. The van der Waals surface area contributed by atoms with Crippen LogP contribution in [0.3, 0.4) is 0 Å². The number of phenolic OH excluding ortho intramolecular Hbond substituents is 1. The van der Waals surface area contributed by atoms with E-state index in [4.69, 9.17) is 0 Å². The Kier molecular flexibility index (Phi) is 3.32. The van der Waals surface area contributed by atoms with Gasteiger partial charge in [0.2, 0.25) is 0 Å². The molecule has 0 aliphatic carbocycles. The Hall–Kier alpha value is -2.83. The fourth-order valence-corrected chi connectivity index (χ4v) is 2.80. The zero-order valence-electron chi connectivity index (χ0n) is 11.6. The molecule has 1 atom stereocenters. The quantitative estimate of drug-likeness (QED) is 0.793. The molecule has 0 bridgehead atoms. The third-order valence-corrected chi connectivity index (χ3v) is 3.86. The summed E-state index contributed by atoms with van der Waals surface area (Å²) in [6.07, 6.45) is 0.741. The van der Waals surface area contributed by atoms with Crippen LogP contribution in [0.1, 0.15) is 22.6 Å². The number of carboxylic acid groups (broad SMARTS) is 2. The summed E-state index contributed by atoms with van der Waals surface area (Å²) in [5.41, 5.74) is 1.03. The molecule has 0 spiro atoms. The van der Waals surface area contributed by atoms with E-state index < -0.39 is 17.9 Å². The third-order valence-electron chi connectivity index (χ3n) is 3.86. The highest BCUT2D eigenvalue weighted by molar-refractivity contribution is 5.88. The van der Waals surface area contributed by atoms with Crippen molar-refractivity contribution in [1.29, 1.82) is 0 Å². The molecular formula is C15H14N2O5. The van der Waals surface area contributed by atoms with Gasteiger partial charge in [-0.2, -0.15) is 0 Å². The van der Waals surface area contributed by atoms with Crippen molar-refractivity contribution in [3.05, 3.63) is 35.7 Å². The minimum atomic E-state index is -1.14. The highest BCUT2D eigenvalue weighted by atomic mass is 16.4. The van der Waals surface area contributed by atoms with Crippen LogP contribution >= 0.6 is 0 Å². The van der Waals surface area contributed by atoms with Gasteiger partial charge in [-0.1, -0.05) is 12.1 Å². The molecule has 1 aromatic carbocycles. The molecule has 2 aromatic rings. The Balaban J connectivity index is 2.15. The number of fused-ring (bicyclic) bond motifs is 1. The van der Waals surface area contributed by atoms with Crippen molar-refractivity contribution >= 4 is 11.9 Å². The molecule has 1 aliphatic rings. The van der Waals surface area contributed by atoms with Crippen LogP contribution in [0.15, 0.2) is 24.3 Å². The van der Waals surface area contributed by atoms with E-state index in [2.05, 4.69) is 4.98 Å². The van der Waals surface area contributed by atoms with Crippen molar-refractivity contribution in [2.75, 3.05) is 0 Å².